The highest BCUT2D eigenvalue weighted by Gasteiger charge is 2.47. The molecule has 10 rings (SSSR count). The topological polar surface area (TPSA) is 76.1 Å². The number of rotatable bonds is 6. The molecule has 2 aromatic heterocycles. The second kappa shape index (κ2) is 17.3. The van der Waals surface area contributed by atoms with Crippen molar-refractivity contribution in [1.82, 2.24) is 19.6 Å². The van der Waals surface area contributed by atoms with Gasteiger partial charge >= 0.3 is 0 Å². The molecule has 0 radical (unpaired) electrons. The molecule has 6 atom stereocenters. The minimum atomic E-state index is -0.678. The van der Waals surface area contributed by atoms with E-state index in [1.165, 1.54) is 41.0 Å². The van der Waals surface area contributed by atoms with Crippen molar-refractivity contribution >= 4 is 18.2 Å². The van der Waals surface area contributed by atoms with E-state index in [0.29, 0.717) is 0 Å². The highest BCUT2D eigenvalue weighted by molar-refractivity contribution is 5.63. The van der Waals surface area contributed by atoms with E-state index < -0.39 is 12.2 Å². The quantitative estimate of drug-likeness (QED) is 0.164. The molecule has 8 heteroatoms. The predicted octanol–water partition coefficient (Wildman–Crippen LogP) is 11.0. The van der Waals surface area contributed by atoms with Gasteiger partial charge in [-0.05, 0) is 158 Å². The normalized spacial score (nSPS) is 23.5. The number of benzene rings is 4. The molecule has 0 spiro atoms. The van der Waals surface area contributed by atoms with Crippen molar-refractivity contribution in [2.45, 2.75) is 77.4 Å². The Bertz CT molecular complexity index is 2690. The van der Waals surface area contributed by atoms with Gasteiger partial charge in [0.05, 0.1) is 41.3 Å². The van der Waals surface area contributed by atoms with Crippen LogP contribution in [0.25, 0.3) is 29.6 Å². The third-order valence-electron chi connectivity index (χ3n) is 13.9. The molecule has 0 saturated heterocycles. The molecule has 0 amide bonds. The van der Waals surface area contributed by atoms with Gasteiger partial charge in [0.1, 0.15) is 17.7 Å². The van der Waals surface area contributed by atoms with E-state index in [9.17, 15) is 19.0 Å². The molecule has 4 aliphatic rings. The van der Waals surface area contributed by atoms with Gasteiger partial charge in [-0.25, -0.2) is 18.1 Å². The molecule has 2 N–H and O–H groups in total. The van der Waals surface area contributed by atoms with Crippen LogP contribution in [0.1, 0.15) is 86.0 Å². The molecule has 2 saturated carbocycles. The summed E-state index contributed by atoms with van der Waals surface area (Å²) < 4.78 is 30.5. The van der Waals surface area contributed by atoms with Gasteiger partial charge in [-0.15, -0.1) is 0 Å². The fourth-order valence-corrected chi connectivity index (χ4v) is 10.5. The first-order chi connectivity index (χ1) is 30.1. The number of aromatic nitrogens is 4. The monoisotopic (exact) mass is 826 g/mol. The molecular weight excluding hydrogens is 775 g/mol. The van der Waals surface area contributed by atoms with E-state index in [0.717, 1.165) is 90.8 Å². The first-order valence-corrected chi connectivity index (χ1v) is 21.8. The highest BCUT2D eigenvalue weighted by Crippen LogP contribution is 2.53. The molecule has 4 aliphatic carbocycles. The van der Waals surface area contributed by atoms with E-state index in [1.807, 2.05) is 94.6 Å². The maximum Gasteiger partial charge on any atom is 0.123 e. The van der Waals surface area contributed by atoms with Crippen LogP contribution >= 0.6 is 0 Å². The average molecular weight is 827 g/mol. The Kier molecular flexibility index (Phi) is 11.5. The Morgan fingerprint density at radius 2 is 1.15 bits per heavy atom. The molecule has 0 aliphatic heterocycles. The molecule has 62 heavy (non-hydrogen) atoms. The summed E-state index contributed by atoms with van der Waals surface area (Å²) in [6, 6.07) is 32.8. The van der Waals surface area contributed by atoms with Crippen molar-refractivity contribution in [3.05, 3.63) is 184 Å². The lowest BCUT2D eigenvalue weighted by molar-refractivity contribution is 0.0535. The molecule has 2 fully saturated rings. The average Bonchev–Trinajstić information content (AvgIpc) is 3.89. The Hall–Kier alpha value is -6.14. The summed E-state index contributed by atoms with van der Waals surface area (Å²) >= 11 is 0. The number of fused-ring (bicyclic) bond motifs is 4. The number of nitrogens with zero attached hydrogens (tertiary/aromatic N) is 4. The fraction of sp³-hybridized carbons (Fsp3) is 0.296. The van der Waals surface area contributed by atoms with E-state index >= 15 is 0 Å². The molecule has 0 unspecified atom stereocenters. The number of hydrogen-bond donors (Lipinski definition) is 2. The van der Waals surface area contributed by atoms with Crippen LogP contribution in [0.3, 0.4) is 0 Å². The second-order valence-electron chi connectivity index (χ2n) is 17.8. The smallest absolute Gasteiger partial charge is 0.123 e. The maximum atomic E-state index is 13.4. The standard InChI is InChI=1S/C27H27FN2O.C27H25FN2O/c2*1-27-17-20-18-29-30(23-13-11-22(28)12-14-23)25(20)16-21(27)8-5-9-24(27)26(31)15-10-19-6-3-2-4-7-19/h2-4,6-7,10-16,18,24,26,31H,5,8-9,17H2,1H3;2-4,6-7,11-14,16,18,24,26,31H,5,8-9,17H2,1H3/b15-10-;/t2*24-,26+,27+/m11/s1. The Labute approximate surface area is 363 Å². The Balaban J connectivity index is 0.000000158. The Morgan fingerprint density at radius 1 is 0.661 bits per heavy atom. The van der Waals surface area contributed by atoms with E-state index in [-0.39, 0.29) is 34.3 Å². The van der Waals surface area contributed by atoms with E-state index in [2.05, 4.69) is 48.0 Å². The van der Waals surface area contributed by atoms with Crippen molar-refractivity contribution in [2.24, 2.45) is 22.7 Å². The largest absolute Gasteiger partial charge is 0.389 e. The summed E-state index contributed by atoms with van der Waals surface area (Å²) in [6.07, 6.45) is 18.9. The van der Waals surface area contributed by atoms with Crippen molar-refractivity contribution in [2.75, 3.05) is 0 Å². The lowest BCUT2D eigenvalue weighted by Crippen LogP contribution is -2.42. The van der Waals surface area contributed by atoms with Gasteiger partial charge in [0, 0.05) is 11.5 Å². The summed E-state index contributed by atoms with van der Waals surface area (Å²) in [7, 11) is 0. The molecule has 6 nitrogen and oxygen atoms in total. The number of halogens is 2. The first-order valence-electron chi connectivity index (χ1n) is 21.8. The van der Waals surface area contributed by atoms with Gasteiger partial charge in [-0.2, -0.15) is 10.2 Å². The van der Waals surface area contributed by atoms with Gasteiger partial charge in [-0.1, -0.05) is 97.5 Å². The minimum absolute atomic E-state index is 0.0750. The van der Waals surface area contributed by atoms with Crippen LogP contribution in [0.15, 0.2) is 139 Å². The summed E-state index contributed by atoms with van der Waals surface area (Å²) in [5.74, 6) is 5.98. The van der Waals surface area contributed by atoms with E-state index in [4.69, 9.17) is 0 Å². The predicted molar refractivity (Wildman–Crippen MR) is 242 cm³/mol. The molecule has 0 bridgehead atoms. The van der Waals surface area contributed by atoms with Crippen LogP contribution in [-0.4, -0.2) is 42.0 Å². The summed E-state index contributed by atoms with van der Waals surface area (Å²) in [5.41, 5.74) is 10.7. The molecule has 6 aromatic rings. The number of hydrogen-bond acceptors (Lipinski definition) is 4. The third-order valence-corrected chi connectivity index (χ3v) is 13.9. The van der Waals surface area contributed by atoms with Crippen LogP contribution in [0, 0.1) is 46.1 Å². The summed E-state index contributed by atoms with van der Waals surface area (Å²) in [4.78, 5) is 0. The molecular formula is C54H52F2N4O2. The molecule has 4 aromatic carbocycles. The van der Waals surface area contributed by atoms with Gasteiger partial charge in [0.25, 0.3) is 0 Å². The number of allylic oxidation sites excluding steroid dienone is 2. The van der Waals surface area contributed by atoms with Crippen molar-refractivity contribution in [3.63, 3.8) is 0 Å². The zero-order valence-electron chi connectivity index (χ0n) is 35.3. The summed E-state index contributed by atoms with van der Waals surface area (Å²) in [5, 5.41) is 31.4. The lowest BCUT2D eigenvalue weighted by atomic mass is 9.58. The van der Waals surface area contributed by atoms with Crippen molar-refractivity contribution in [1.29, 1.82) is 0 Å². The van der Waals surface area contributed by atoms with E-state index in [1.54, 1.807) is 24.3 Å². The van der Waals surface area contributed by atoms with Crippen LogP contribution in [0.4, 0.5) is 8.78 Å². The lowest BCUT2D eigenvalue weighted by Gasteiger charge is -2.47. The molecule has 2 heterocycles. The third kappa shape index (κ3) is 8.15. The molecule has 314 valence electrons. The van der Waals surface area contributed by atoms with Crippen LogP contribution in [0.2, 0.25) is 0 Å². The van der Waals surface area contributed by atoms with Crippen LogP contribution in [0.5, 0.6) is 0 Å². The van der Waals surface area contributed by atoms with Crippen molar-refractivity contribution in [3.8, 4) is 23.2 Å². The second-order valence-corrected chi connectivity index (χ2v) is 17.8. The van der Waals surface area contributed by atoms with Gasteiger partial charge < -0.3 is 10.2 Å². The van der Waals surface area contributed by atoms with Crippen molar-refractivity contribution < 1.29 is 19.0 Å². The van der Waals surface area contributed by atoms with Crippen LogP contribution in [-0.2, 0) is 12.8 Å². The first kappa shape index (κ1) is 41.2. The highest BCUT2D eigenvalue weighted by atomic mass is 19.1. The Morgan fingerprint density at radius 3 is 1.68 bits per heavy atom. The van der Waals surface area contributed by atoms with Gasteiger partial charge in [0.15, 0.2) is 0 Å². The summed E-state index contributed by atoms with van der Waals surface area (Å²) in [6.45, 7) is 4.55. The van der Waals surface area contributed by atoms with Crippen LogP contribution < -0.4 is 0 Å². The zero-order chi connectivity index (χ0) is 42.8. The number of aliphatic hydroxyl groups is 2. The SMILES string of the molecule is C[C@]12Cc3cnn(-c4ccc(F)cc4)c3C=C1CCC[C@@H]2[C@@H](O)/C=C\c1ccccc1.C[C@]12Cc3cnn(-c4ccc(F)cc4)c3C=C1CCC[C@@H]2[C@@H](O)C#Cc1ccccc1. The fourth-order valence-electron chi connectivity index (χ4n) is 10.5. The number of aliphatic hydroxyl groups excluding tert-OH is 2. The van der Waals surface area contributed by atoms with Gasteiger partial charge in [-0.3, -0.25) is 0 Å². The minimum Gasteiger partial charge on any atom is -0.389 e. The maximum absolute atomic E-state index is 13.4. The van der Waals surface area contributed by atoms with Gasteiger partial charge in [0.2, 0.25) is 0 Å². The zero-order valence-corrected chi connectivity index (χ0v) is 35.3.